The van der Waals surface area contributed by atoms with Crippen LogP contribution in [0.5, 0.6) is 0 Å². The van der Waals surface area contributed by atoms with E-state index in [2.05, 4.69) is 5.32 Å². The minimum absolute atomic E-state index is 0.209. The van der Waals surface area contributed by atoms with Gasteiger partial charge in [0.15, 0.2) is 0 Å². The van der Waals surface area contributed by atoms with Crippen molar-refractivity contribution in [3.05, 3.63) is 34.2 Å². The summed E-state index contributed by atoms with van der Waals surface area (Å²) in [5.41, 5.74) is 5.42. The summed E-state index contributed by atoms with van der Waals surface area (Å²) in [6.45, 7) is 4.00. The molecule has 5 heteroatoms. The van der Waals surface area contributed by atoms with Gasteiger partial charge in [0.25, 0.3) is 11.5 Å². The first-order valence-electron chi connectivity index (χ1n) is 5.03. The fraction of sp³-hybridized carbons (Fsp3) is 0.455. The van der Waals surface area contributed by atoms with Crippen LogP contribution in [-0.2, 0) is 7.05 Å². The van der Waals surface area contributed by atoms with Crippen molar-refractivity contribution in [1.82, 2.24) is 9.88 Å². The number of nitrogens with zero attached hydrogens (tertiary/aromatic N) is 1. The van der Waals surface area contributed by atoms with Gasteiger partial charge in [-0.1, -0.05) is 0 Å². The first-order chi connectivity index (χ1) is 7.29. The number of carbonyl (C=O) groups excluding carboxylic acids is 1. The lowest BCUT2D eigenvalue weighted by Gasteiger charge is -2.18. The lowest BCUT2D eigenvalue weighted by atomic mass is 10.1. The molecule has 0 unspecified atom stereocenters. The van der Waals surface area contributed by atoms with Crippen molar-refractivity contribution in [3.63, 3.8) is 0 Å². The molecule has 0 bridgehead atoms. The molecule has 0 radical (unpaired) electrons. The largest absolute Gasteiger partial charge is 0.350 e. The Morgan fingerprint density at radius 3 is 2.69 bits per heavy atom. The summed E-state index contributed by atoms with van der Waals surface area (Å²) in [5, 5.41) is 2.67. The Morgan fingerprint density at radius 2 is 2.19 bits per heavy atom. The highest BCUT2D eigenvalue weighted by atomic mass is 16.2. The first-order valence-corrected chi connectivity index (χ1v) is 5.03. The zero-order chi connectivity index (χ0) is 12.3. The van der Waals surface area contributed by atoms with Crippen LogP contribution in [0, 0.1) is 0 Å². The Labute approximate surface area is 94.3 Å². The summed E-state index contributed by atoms with van der Waals surface area (Å²) >= 11 is 0. The molecule has 0 spiro atoms. The van der Waals surface area contributed by atoms with Gasteiger partial charge in [0, 0.05) is 37.0 Å². The molecule has 0 atom stereocenters. The van der Waals surface area contributed by atoms with Gasteiger partial charge in [0.2, 0.25) is 0 Å². The average Bonchev–Trinajstić information content (AvgIpc) is 2.17. The molecule has 0 saturated carbocycles. The molecule has 5 nitrogen and oxygen atoms in total. The van der Waals surface area contributed by atoms with E-state index in [-0.39, 0.29) is 11.5 Å². The van der Waals surface area contributed by atoms with E-state index in [1.807, 2.05) is 13.8 Å². The third-order valence-corrected chi connectivity index (χ3v) is 2.07. The van der Waals surface area contributed by atoms with E-state index in [9.17, 15) is 9.59 Å². The standard InChI is InChI=1S/C11H17N3O2/c1-11(2,12)7-13-10(16)8-4-5-14(3)9(15)6-8/h4-6H,7,12H2,1-3H3,(H,13,16). The van der Waals surface area contributed by atoms with Gasteiger partial charge >= 0.3 is 0 Å². The second-order valence-electron chi connectivity index (χ2n) is 4.54. The van der Waals surface area contributed by atoms with Gasteiger partial charge in [-0.2, -0.15) is 0 Å². The van der Waals surface area contributed by atoms with E-state index in [1.165, 1.54) is 10.6 Å². The molecule has 1 aromatic heterocycles. The van der Waals surface area contributed by atoms with E-state index in [0.29, 0.717) is 12.1 Å². The summed E-state index contributed by atoms with van der Waals surface area (Å²) in [7, 11) is 1.63. The second-order valence-corrected chi connectivity index (χ2v) is 4.54. The molecule has 0 aliphatic rings. The maximum Gasteiger partial charge on any atom is 0.251 e. The average molecular weight is 223 g/mol. The zero-order valence-corrected chi connectivity index (χ0v) is 9.78. The Bertz CT molecular complexity index is 443. The third kappa shape index (κ3) is 3.51. The fourth-order valence-electron chi connectivity index (χ4n) is 1.10. The Balaban J connectivity index is 2.74. The van der Waals surface area contributed by atoms with E-state index in [1.54, 1.807) is 19.3 Å². The number of nitrogens with two attached hydrogens (primary N) is 1. The lowest BCUT2D eigenvalue weighted by Crippen LogP contribution is -2.45. The number of hydrogen-bond donors (Lipinski definition) is 2. The first kappa shape index (κ1) is 12.4. The molecule has 1 rings (SSSR count). The molecule has 0 aliphatic carbocycles. The molecular weight excluding hydrogens is 206 g/mol. The van der Waals surface area contributed by atoms with E-state index >= 15 is 0 Å². The molecule has 1 aromatic rings. The molecule has 1 heterocycles. The van der Waals surface area contributed by atoms with Crippen LogP contribution in [0.2, 0.25) is 0 Å². The van der Waals surface area contributed by atoms with Crippen molar-refractivity contribution < 1.29 is 4.79 Å². The fourth-order valence-corrected chi connectivity index (χ4v) is 1.10. The van der Waals surface area contributed by atoms with Crippen molar-refractivity contribution in [2.24, 2.45) is 12.8 Å². The van der Waals surface area contributed by atoms with Crippen LogP contribution < -0.4 is 16.6 Å². The van der Waals surface area contributed by atoms with E-state index in [0.717, 1.165) is 0 Å². The minimum Gasteiger partial charge on any atom is -0.350 e. The molecule has 88 valence electrons. The molecule has 16 heavy (non-hydrogen) atoms. The van der Waals surface area contributed by atoms with Crippen LogP contribution in [0.25, 0.3) is 0 Å². The van der Waals surface area contributed by atoms with Crippen molar-refractivity contribution in [3.8, 4) is 0 Å². The minimum atomic E-state index is -0.463. The molecule has 0 fully saturated rings. The number of aromatic nitrogens is 1. The van der Waals surface area contributed by atoms with Gasteiger partial charge < -0.3 is 15.6 Å². The Kier molecular flexibility index (Phi) is 3.49. The third-order valence-electron chi connectivity index (χ3n) is 2.07. The smallest absolute Gasteiger partial charge is 0.251 e. The summed E-state index contributed by atoms with van der Waals surface area (Å²) in [5.74, 6) is -0.281. The van der Waals surface area contributed by atoms with Crippen LogP contribution in [-0.4, -0.2) is 22.6 Å². The molecule has 1 amide bonds. The topological polar surface area (TPSA) is 77.1 Å². The number of nitrogens with one attached hydrogen (secondary N) is 1. The summed E-state index contributed by atoms with van der Waals surface area (Å²) < 4.78 is 1.41. The quantitative estimate of drug-likeness (QED) is 0.748. The summed E-state index contributed by atoms with van der Waals surface area (Å²) in [4.78, 5) is 22.9. The van der Waals surface area contributed by atoms with Crippen molar-refractivity contribution >= 4 is 5.91 Å². The monoisotopic (exact) mass is 223 g/mol. The number of carbonyl (C=O) groups is 1. The number of pyridine rings is 1. The number of aryl methyl sites for hydroxylation is 1. The highest BCUT2D eigenvalue weighted by Crippen LogP contribution is 1.97. The molecule has 0 aliphatic heterocycles. The summed E-state index contributed by atoms with van der Waals surface area (Å²) in [6.07, 6.45) is 1.56. The van der Waals surface area contributed by atoms with Crippen LogP contribution >= 0.6 is 0 Å². The van der Waals surface area contributed by atoms with Crippen molar-refractivity contribution in [2.45, 2.75) is 19.4 Å². The van der Waals surface area contributed by atoms with Gasteiger partial charge in [0.05, 0.1) is 0 Å². The van der Waals surface area contributed by atoms with Gasteiger partial charge in [-0.25, -0.2) is 0 Å². The van der Waals surface area contributed by atoms with E-state index < -0.39 is 5.54 Å². The highest BCUT2D eigenvalue weighted by molar-refractivity contribution is 5.94. The maximum absolute atomic E-state index is 11.6. The van der Waals surface area contributed by atoms with Gasteiger partial charge in [0.1, 0.15) is 0 Å². The van der Waals surface area contributed by atoms with Crippen molar-refractivity contribution in [2.75, 3.05) is 6.54 Å². The SMILES string of the molecule is Cn1ccc(C(=O)NCC(C)(C)N)cc1=O. The summed E-state index contributed by atoms with van der Waals surface area (Å²) in [6, 6.07) is 2.90. The van der Waals surface area contributed by atoms with Gasteiger partial charge in [-0.15, -0.1) is 0 Å². The second kappa shape index (κ2) is 4.49. The zero-order valence-electron chi connectivity index (χ0n) is 9.78. The van der Waals surface area contributed by atoms with Crippen LogP contribution in [0.15, 0.2) is 23.1 Å². The van der Waals surface area contributed by atoms with Gasteiger partial charge in [-0.05, 0) is 19.9 Å². The number of hydrogen-bond acceptors (Lipinski definition) is 3. The van der Waals surface area contributed by atoms with Gasteiger partial charge in [-0.3, -0.25) is 9.59 Å². The van der Waals surface area contributed by atoms with Crippen LogP contribution in [0.3, 0.4) is 0 Å². The lowest BCUT2D eigenvalue weighted by molar-refractivity contribution is 0.0946. The normalized spacial score (nSPS) is 11.2. The maximum atomic E-state index is 11.6. The van der Waals surface area contributed by atoms with E-state index in [4.69, 9.17) is 5.73 Å². The van der Waals surface area contributed by atoms with Crippen LogP contribution in [0.1, 0.15) is 24.2 Å². The molecule has 3 N–H and O–H groups in total. The molecule has 0 saturated heterocycles. The Hall–Kier alpha value is -1.62. The Morgan fingerprint density at radius 1 is 1.56 bits per heavy atom. The molecular formula is C11H17N3O2. The predicted octanol–water partition coefficient (Wildman–Crippen LogP) is -0.148. The predicted molar refractivity (Wildman–Crippen MR) is 62.3 cm³/mol. The number of rotatable bonds is 3. The van der Waals surface area contributed by atoms with Crippen molar-refractivity contribution in [1.29, 1.82) is 0 Å². The number of amides is 1. The molecule has 0 aromatic carbocycles. The highest BCUT2D eigenvalue weighted by Gasteiger charge is 2.13. The van der Waals surface area contributed by atoms with Crippen LogP contribution in [0.4, 0.5) is 0 Å².